The molecular weight excluding hydrogens is 316 g/mol. The van der Waals surface area contributed by atoms with Crippen molar-refractivity contribution in [3.8, 4) is 17.2 Å². The first kappa shape index (κ1) is 18.6. The Labute approximate surface area is 149 Å². The minimum absolute atomic E-state index is 0.0629. The Morgan fingerprint density at radius 2 is 1.56 bits per heavy atom. The normalized spacial score (nSPS) is 11.4. The molecule has 0 heterocycles. The largest absolute Gasteiger partial charge is 0.497 e. The van der Waals surface area contributed by atoms with Crippen LogP contribution < -0.4 is 14.2 Å². The lowest BCUT2D eigenvalue weighted by molar-refractivity contribution is -0.128. The lowest BCUT2D eigenvalue weighted by atomic mass is 9.87. The number of benzene rings is 2. The number of methoxy groups -OCH3 is 2. The van der Waals surface area contributed by atoms with Gasteiger partial charge in [-0.1, -0.05) is 32.9 Å². The molecule has 2 aromatic carbocycles. The number of esters is 1. The fourth-order valence-electron chi connectivity index (χ4n) is 2.29. The average molecular weight is 340 g/mol. The van der Waals surface area contributed by atoms with E-state index in [9.17, 15) is 4.79 Å². The van der Waals surface area contributed by atoms with E-state index in [1.807, 2.05) is 18.2 Å². The predicted molar refractivity (Wildman–Crippen MR) is 99.4 cm³/mol. The van der Waals surface area contributed by atoms with E-state index in [1.54, 1.807) is 44.6 Å². The van der Waals surface area contributed by atoms with Crippen LogP contribution in [0.4, 0.5) is 0 Å². The third-order valence-electron chi connectivity index (χ3n) is 3.78. The highest BCUT2D eigenvalue weighted by molar-refractivity contribution is 5.89. The maximum absolute atomic E-state index is 12.0. The second-order valence-electron chi connectivity index (χ2n) is 6.64. The van der Waals surface area contributed by atoms with Crippen molar-refractivity contribution in [3.63, 3.8) is 0 Å². The first-order valence-corrected chi connectivity index (χ1v) is 8.06. The fourth-order valence-corrected chi connectivity index (χ4v) is 2.29. The molecule has 0 aliphatic heterocycles. The molecule has 4 heteroatoms. The van der Waals surface area contributed by atoms with Gasteiger partial charge in [0.15, 0.2) is 0 Å². The molecular formula is C21H24O4. The predicted octanol–water partition coefficient (Wildman–Crippen LogP) is 4.62. The van der Waals surface area contributed by atoms with Crippen LogP contribution in [0.1, 0.15) is 31.9 Å². The molecule has 132 valence electrons. The van der Waals surface area contributed by atoms with Crippen molar-refractivity contribution in [3.05, 3.63) is 59.7 Å². The molecule has 0 fully saturated rings. The van der Waals surface area contributed by atoms with Crippen LogP contribution in [0.5, 0.6) is 17.2 Å². The van der Waals surface area contributed by atoms with Gasteiger partial charge in [0.05, 0.1) is 14.2 Å². The molecule has 0 unspecified atom stereocenters. The second-order valence-corrected chi connectivity index (χ2v) is 6.64. The molecule has 0 aliphatic rings. The first-order chi connectivity index (χ1) is 11.8. The molecule has 4 nitrogen and oxygen atoms in total. The standard InChI is InChI=1S/C21H24O4/c1-21(2,3)16-8-11-17(12-9-16)25-20(22)13-7-15-6-10-18(23-4)14-19(15)24-5/h6-14H,1-5H3. The van der Waals surface area contributed by atoms with Crippen molar-refractivity contribution in [1.82, 2.24) is 0 Å². The summed E-state index contributed by atoms with van der Waals surface area (Å²) in [6.07, 6.45) is 3.03. The molecule has 2 aromatic rings. The Kier molecular flexibility index (Phi) is 5.86. The van der Waals surface area contributed by atoms with E-state index >= 15 is 0 Å². The smallest absolute Gasteiger partial charge is 0.336 e. The molecule has 0 aliphatic carbocycles. The summed E-state index contributed by atoms with van der Waals surface area (Å²) in [5.41, 5.74) is 2.02. The Morgan fingerprint density at radius 1 is 0.920 bits per heavy atom. The SMILES string of the molecule is COc1ccc(C=CC(=O)Oc2ccc(C(C)(C)C)cc2)c(OC)c1. The van der Waals surface area contributed by atoms with Crippen molar-refractivity contribution in [1.29, 1.82) is 0 Å². The summed E-state index contributed by atoms with van der Waals surface area (Å²) in [5.74, 6) is 1.39. The number of carbonyl (C=O) groups excluding carboxylic acids is 1. The fraction of sp³-hybridized carbons (Fsp3) is 0.286. The second kappa shape index (κ2) is 7.88. The monoisotopic (exact) mass is 340 g/mol. The van der Waals surface area contributed by atoms with Crippen molar-refractivity contribution in [2.45, 2.75) is 26.2 Å². The highest BCUT2D eigenvalue weighted by Gasteiger charge is 2.13. The summed E-state index contributed by atoms with van der Waals surface area (Å²) in [6.45, 7) is 6.41. The van der Waals surface area contributed by atoms with Gasteiger partial charge in [-0.25, -0.2) is 4.79 Å². The number of carbonyl (C=O) groups is 1. The minimum atomic E-state index is -0.443. The molecule has 0 radical (unpaired) electrons. The third-order valence-corrected chi connectivity index (χ3v) is 3.78. The Bertz CT molecular complexity index is 752. The van der Waals surface area contributed by atoms with Gasteiger partial charge in [0.1, 0.15) is 17.2 Å². The van der Waals surface area contributed by atoms with E-state index < -0.39 is 5.97 Å². The van der Waals surface area contributed by atoms with Crippen LogP contribution in [0.15, 0.2) is 48.5 Å². The van der Waals surface area contributed by atoms with E-state index in [-0.39, 0.29) is 5.41 Å². The molecule has 0 bridgehead atoms. The number of hydrogen-bond donors (Lipinski definition) is 0. The summed E-state index contributed by atoms with van der Waals surface area (Å²) >= 11 is 0. The topological polar surface area (TPSA) is 44.8 Å². The maximum atomic E-state index is 12.0. The van der Waals surface area contributed by atoms with Gasteiger partial charge in [0, 0.05) is 17.7 Å². The zero-order chi connectivity index (χ0) is 18.4. The van der Waals surface area contributed by atoms with Crippen LogP contribution in [0, 0.1) is 0 Å². The molecule has 0 N–H and O–H groups in total. The maximum Gasteiger partial charge on any atom is 0.336 e. The number of rotatable bonds is 5. The Balaban J connectivity index is 2.06. The van der Waals surface area contributed by atoms with Gasteiger partial charge in [-0.3, -0.25) is 0 Å². The van der Waals surface area contributed by atoms with Crippen molar-refractivity contribution in [2.75, 3.05) is 14.2 Å². The lowest BCUT2D eigenvalue weighted by Gasteiger charge is -2.18. The summed E-state index contributed by atoms with van der Waals surface area (Å²) in [6, 6.07) is 12.9. The van der Waals surface area contributed by atoms with Crippen LogP contribution >= 0.6 is 0 Å². The van der Waals surface area contributed by atoms with Gasteiger partial charge in [-0.15, -0.1) is 0 Å². The minimum Gasteiger partial charge on any atom is -0.497 e. The van der Waals surface area contributed by atoms with E-state index in [0.29, 0.717) is 17.2 Å². The first-order valence-electron chi connectivity index (χ1n) is 8.06. The molecule has 0 amide bonds. The molecule has 25 heavy (non-hydrogen) atoms. The van der Waals surface area contributed by atoms with E-state index in [1.165, 1.54) is 11.6 Å². The van der Waals surface area contributed by atoms with Crippen LogP contribution in [-0.2, 0) is 10.2 Å². The highest BCUT2D eigenvalue weighted by Crippen LogP contribution is 2.26. The van der Waals surface area contributed by atoms with Crippen LogP contribution in [-0.4, -0.2) is 20.2 Å². The Hall–Kier alpha value is -2.75. The zero-order valence-corrected chi connectivity index (χ0v) is 15.3. The molecule has 0 saturated heterocycles. The molecule has 0 aromatic heterocycles. The van der Waals surface area contributed by atoms with Gasteiger partial charge >= 0.3 is 5.97 Å². The van der Waals surface area contributed by atoms with E-state index in [2.05, 4.69) is 20.8 Å². The molecule has 0 saturated carbocycles. The zero-order valence-electron chi connectivity index (χ0n) is 15.3. The lowest BCUT2D eigenvalue weighted by Crippen LogP contribution is -2.11. The van der Waals surface area contributed by atoms with Crippen LogP contribution in [0.3, 0.4) is 0 Å². The van der Waals surface area contributed by atoms with Gasteiger partial charge in [0.2, 0.25) is 0 Å². The summed E-state index contributed by atoms with van der Waals surface area (Å²) in [5, 5.41) is 0. The summed E-state index contributed by atoms with van der Waals surface area (Å²) < 4.78 is 15.8. The van der Waals surface area contributed by atoms with Crippen LogP contribution in [0.25, 0.3) is 6.08 Å². The summed E-state index contributed by atoms with van der Waals surface area (Å²) in [7, 11) is 3.16. The number of hydrogen-bond acceptors (Lipinski definition) is 4. The molecule has 0 atom stereocenters. The average Bonchev–Trinajstić information content (AvgIpc) is 2.59. The third kappa shape index (κ3) is 5.11. The summed E-state index contributed by atoms with van der Waals surface area (Å²) in [4.78, 5) is 12.0. The van der Waals surface area contributed by atoms with Gasteiger partial charge in [0.25, 0.3) is 0 Å². The number of ether oxygens (including phenoxy) is 3. The van der Waals surface area contributed by atoms with Crippen molar-refractivity contribution in [2.24, 2.45) is 0 Å². The van der Waals surface area contributed by atoms with Gasteiger partial charge in [-0.2, -0.15) is 0 Å². The van der Waals surface area contributed by atoms with Gasteiger partial charge in [-0.05, 0) is 41.3 Å². The van der Waals surface area contributed by atoms with E-state index in [0.717, 1.165) is 5.56 Å². The Morgan fingerprint density at radius 3 is 2.12 bits per heavy atom. The quantitative estimate of drug-likeness (QED) is 0.452. The van der Waals surface area contributed by atoms with Gasteiger partial charge < -0.3 is 14.2 Å². The van der Waals surface area contributed by atoms with Crippen LogP contribution in [0.2, 0.25) is 0 Å². The highest BCUT2D eigenvalue weighted by atomic mass is 16.5. The van der Waals surface area contributed by atoms with Crippen molar-refractivity contribution >= 4 is 12.0 Å². The van der Waals surface area contributed by atoms with E-state index in [4.69, 9.17) is 14.2 Å². The van der Waals surface area contributed by atoms with Crippen molar-refractivity contribution < 1.29 is 19.0 Å². The molecule has 2 rings (SSSR count). The molecule has 0 spiro atoms.